The second-order valence-electron chi connectivity index (χ2n) is 6.47. The monoisotopic (exact) mass is 344 g/mol. The number of hydrogen-bond acceptors (Lipinski definition) is 2. The number of nitrogens with zero attached hydrogens (tertiary/aromatic N) is 1. The topological polar surface area (TPSA) is 15.3 Å². The van der Waals surface area contributed by atoms with Gasteiger partial charge in [0, 0.05) is 18.8 Å². The first-order valence-electron chi connectivity index (χ1n) is 8.46. The molecule has 0 aliphatic carbocycles. The van der Waals surface area contributed by atoms with Crippen molar-refractivity contribution in [2.75, 3.05) is 31.1 Å². The van der Waals surface area contributed by atoms with Crippen molar-refractivity contribution in [3.63, 3.8) is 0 Å². The molecule has 1 aromatic rings. The minimum atomic E-state index is 0. The highest BCUT2D eigenvalue weighted by Gasteiger charge is 2.14. The molecular formula is C18H30Cl2N2. The minimum Gasteiger partial charge on any atom is -0.372 e. The molecular weight excluding hydrogens is 315 g/mol. The third-order valence-electron chi connectivity index (χ3n) is 4.89. The highest BCUT2D eigenvalue weighted by molar-refractivity contribution is 5.85. The number of nitrogens with one attached hydrogen (secondary N) is 1. The van der Waals surface area contributed by atoms with E-state index in [2.05, 4.69) is 34.5 Å². The number of benzene rings is 1. The van der Waals surface area contributed by atoms with Gasteiger partial charge in [0.1, 0.15) is 0 Å². The third-order valence-corrected chi connectivity index (χ3v) is 4.89. The number of hydrogen-bond donors (Lipinski definition) is 1. The molecule has 2 nitrogen and oxygen atoms in total. The van der Waals surface area contributed by atoms with E-state index in [1.807, 2.05) is 0 Å². The van der Waals surface area contributed by atoms with E-state index >= 15 is 0 Å². The molecule has 0 unspecified atom stereocenters. The molecule has 2 aliphatic rings. The van der Waals surface area contributed by atoms with Gasteiger partial charge in [0.15, 0.2) is 0 Å². The number of rotatable bonds is 3. The Morgan fingerprint density at radius 3 is 2.05 bits per heavy atom. The first-order valence-corrected chi connectivity index (χ1v) is 8.46. The van der Waals surface area contributed by atoms with Crippen LogP contribution < -0.4 is 10.2 Å². The van der Waals surface area contributed by atoms with E-state index < -0.39 is 0 Å². The van der Waals surface area contributed by atoms with Gasteiger partial charge in [-0.1, -0.05) is 25.0 Å². The van der Waals surface area contributed by atoms with Gasteiger partial charge in [-0.2, -0.15) is 0 Å². The third kappa shape index (κ3) is 5.64. The first kappa shape index (κ1) is 19.6. The second kappa shape index (κ2) is 10.4. The van der Waals surface area contributed by atoms with Crippen molar-refractivity contribution >= 4 is 30.5 Å². The van der Waals surface area contributed by atoms with E-state index in [0.29, 0.717) is 0 Å². The lowest BCUT2D eigenvalue weighted by atomic mass is 9.91. The molecule has 126 valence electrons. The van der Waals surface area contributed by atoms with E-state index in [4.69, 9.17) is 0 Å². The van der Waals surface area contributed by atoms with Gasteiger partial charge in [-0.25, -0.2) is 0 Å². The lowest BCUT2D eigenvalue weighted by Gasteiger charge is -2.24. The lowest BCUT2D eigenvalue weighted by Crippen LogP contribution is -2.28. The van der Waals surface area contributed by atoms with Crippen LogP contribution in [0.4, 0.5) is 5.69 Å². The summed E-state index contributed by atoms with van der Waals surface area (Å²) in [6.45, 7) is 4.90. The molecule has 0 amide bonds. The molecule has 0 radical (unpaired) electrons. The molecule has 2 heterocycles. The molecule has 2 aliphatic heterocycles. The smallest absolute Gasteiger partial charge is 0.0366 e. The maximum atomic E-state index is 3.45. The van der Waals surface area contributed by atoms with Crippen molar-refractivity contribution in [2.45, 2.75) is 44.9 Å². The Hall–Kier alpha value is -0.440. The maximum Gasteiger partial charge on any atom is 0.0366 e. The van der Waals surface area contributed by atoms with Crippen molar-refractivity contribution in [3.05, 3.63) is 29.8 Å². The van der Waals surface area contributed by atoms with Crippen molar-refractivity contribution in [2.24, 2.45) is 5.92 Å². The Morgan fingerprint density at radius 2 is 1.45 bits per heavy atom. The summed E-state index contributed by atoms with van der Waals surface area (Å²) in [6, 6.07) is 9.42. The molecule has 3 rings (SSSR count). The van der Waals surface area contributed by atoms with Crippen LogP contribution in [0.25, 0.3) is 0 Å². The summed E-state index contributed by atoms with van der Waals surface area (Å²) in [7, 11) is 0. The summed E-state index contributed by atoms with van der Waals surface area (Å²) in [6.07, 6.45) is 9.48. The van der Waals surface area contributed by atoms with Crippen LogP contribution in [0.1, 0.15) is 44.1 Å². The van der Waals surface area contributed by atoms with Gasteiger partial charge in [-0.05, 0) is 68.8 Å². The summed E-state index contributed by atoms with van der Waals surface area (Å²) in [4.78, 5) is 2.57. The Morgan fingerprint density at radius 1 is 0.864 bits per heavy atom. The quantitative estimate of drug-likeness (QED) is 0.871. The van der Waals surface area contributed by atoms with E-state index in [1.54, 1.807) is 0 Å². The molecule has 1 N–H and O–H groups in total. The van der Waals surface area contributed by atoms with Crippen LogP contribution in [-0.4, -0.2) is 26.2 Å². The molecule has 0 atom stereocenters. The molecule has 4 heteroatoms. The predicted octanol–water partition coefficient (Wildman–Crippen LogP) is 4.45. The second-order valence-corrected chi connectivity index (χ2v) is 6.47. The maximum absolute atomic E-state index is 3.45. The summed E-state index contributed by atoms with van der Waals surface area (Å²) in [5.41, 5.74) is 2.96. The minimum absolute atomic E-state index is 0. The van der Waals surface area contributed by atoms with Crippen molar-refractivity contribution < 1.29 is 0 Å². The summed E-state index contributed by atoms with van der Waals surface area (Å²) >= 11 is 0. The molecule has 0 aromatic heterocycles. The zero-order valence-corrected chi connectivity index (χ0v) is 15.1. The van der Waals surface area contributed by atoms with E-state index in [-0.39, 0.29) is 24.8 Å². The normalized spacial score (nSPS) is 19.7. The van der Waals surface area contributed by atoms with Gasteiger partial charge in [-0.15, -0.1) is 24.8 Å². The molecule has 2 fully saturated rings. The first-order chi connectivity index (χ1) is 9.92. The van der Waals surface area contributed by atoms with Crippen molar-refractivity contribution in [1.82, 2.24) is 5.32 Å². The largest absolute Gasteiger partial charge is 0.372 e. The fourth-order valence-corrected chi connectivity index (χ4v) is 3.59. The zero-order valence-electron chi connectivity index (χ0n) is 13.4. The molecule has 1 aromatic carbocycles. The fraction of sp³-hybridized carbons (Fsp3) is 0.667. The van der Waals surface area contributed by atoms with Gasteiger partial charge in [0.25, 0.3) is 0 Å². The summed E-state index contributed by atoms with van der Waals surface area (Å²) in [5.74, 6) is 0.889. The van der Waals surface area contributed by atoms with Gasteiger partial charge in [0.2, 0.25) is 0 Å². The van der Waals surface area contributed by atoms with Crippen LogP contribution in [0.5, 0.6) is 0 Å². The Balaban J connectivity index is 0.00000121. The van der Waals surface area contributed by atoms with Crippen LogP contribution in [0, 0.1) is 5.92 Å². The number of halogens is 2. The van der Waals surface area contributed by atoms with Gasteiger partial charge in [0.05, 0.1) is 0 Å². The van der Waals surface area contributed by atoms with E-state index in [9.17, 15) is 0 Å². The van der Waals surface area contributed by atoms with Crippen LogP contribution in [-0.2, 0) is 6.42 Å². The highest BCUT2D eigenvalue weighted by Crippen LogP contribution is 2.23. The predicted molar refractivity (Wildman–Crippen MR) is 101 cm³/mol. The Bertz CT molecular complexity index is 394. The SMILES string of the molecule is Cl.Cl.c1cc(N2CCCCCC2)ccc1CC1CCNCC1. The fourth-order valence-electron chi connectivity index (χ4n) is 3.59. The molecule has 22 heavy (non-hydrogen) atoms. The van der Waals surface area contributed by atoms with Gasteiger partial charge < -0.3 is 10.2 Å². The Labute approximate surface area is 147 Å². The molecule has 0 bridgehead atoms. The van der Waals surface area contributed by atoms with E-state index in [1.165, 1.54) is 82.4 Å². The molecule has 0 spiro atoms. The Kier molecular flexibility index (Phi) is 9.23. The highest BCUT2D eigenvalue weighted by atomic mass is 35.5. The van der Waals surface area contributed by atoms with Gasteiger partial charge in [-0.3, -0.25) is 0 Å². The summed E-state index contributed by atoms with van der Waals surface area (Å²) in [5, 5.41) is 3.45. The van der Waals surface area contributed by atoms with Crippen molar-refractivity contribution in [1.29, 1.82) is 0 Å². The number of piperidine rings is 1. The lowest BCUT2D eigenvalue weighted by molar-refractivity contribution is 0.372. The number of anilines is 1. The van der Waals surface area contributed by atoms with Crippen LogP contribution >= 0.6 is 24.8 Å². The average molecular weight is 345 g/mol. The molecule has 2 saturated heterocycles. The van der Waals surface area contributed by atoms with Crippen LogP contribution in [0.2, 0.25) is 0 Å². The van der Waals surface area contributed by atoms with Gasteiger partial charge >= 0.3 is 0 Å². The molecule has 0 saturated carbocycles. The standard InChI is InChI=1S/C18H28N2.2ClH/c1-2-4-14-20(13-3-1)18-7-5-16(6-8-18)15-17-9-11-19-12-10-17;;/h5-8,17,19H,1-4,9-15H2;2*1H. The van der Waals surface area contributed by atoms with Crippen molar-refractivity contribution in [3.8, 4) is 0 Å². The average Bonchev–Trinajstić information content (AvgIpc) is 2.78. The zero-order chi connectivity index (χ0) is 13.6. The van der Waals surface area contributed by atoms with E-state index in [0.717, 1.165) is 5.92 Å². The van der Waals surface area contributed by atoms with Crippen LogP contribution in [0.3, 0.4) is 0 Å². The summed E-state index contributed by atoms with van der Waals surface area (Å²) < 4.78 is 0. The van der Waals surface area contributed by atoms with Crippen LogP contribution in [0.15, 0.2) is 24.3 Å².